The summed E-state index contributed by atoms with van der Waals surface area (Å²) >= 11 is 0. The zero-order chi connectivity index (χ0) is 32.0. The predicted octanol–water partition coefficient (Wildman–Crippen LogP) is 9.06. The summed E-state index contributed by atoms with van der Waals surface area (Å²) in [6.45, 7) is 13.0. The SMILES string of the molecule is CCCCCCCCOc1cccc(C(=O)Nc2ccc(C(=O)OCC[N+](C)(CC)CC)cc2)c1OCCCCCCCC. The van der Waals surface area contributed by atoms with Gasteiger partial charge in [0.05, 0.1) is 44.5 Å². The molecule has 2 aromatic carbocycles. The van der Waals surface area contributed by atoms with Crippen LogP contribution >= 0.6 is 0 Å². The lowest BCUT2D eigenvalue weighted by Gasteiger charge is -2.31. The molecule has 44 heavy (non-hydrogen) atoms. The van der Waals surface area contributed by atoms with Gasteiger partial charge in [0.15, 0.2) is 11.5 Å². The van der Waals surface area contributed by atoms with Crippen molar-refractivity contribution in [3.63, 3.8) is 0 Å². The number of hydrogen-bond donors (Lipinski definition) is 1. The number of nitrogens with one attached hydrogen (secondary N) is 1. The number of para-hydroxylation sites is 1. The smallest absolute Gasteiger partial charge is 0.338 e. The Morgan fingerprint density at radius 3 is 1.84 bits per heavy atom. The third-order valence-corrected chi connectivity index (χ3v) is 8.49. The van der Waals surface area contributed by atoms with Gasteiger partial charge in [-0.2, -0.15) is 0 Å². The van der Waals surface area contributed by atoms with Crippen LogP contribution in [0.3, 0.4) is 0 Å². The summed E-state index contributed by atoms with van der Waals surface area (Å²) < 4.78 is 18.7. The van der Waals surface area contributed by atoms with Gasteiger partial charge >= 0.3 is 5.97 Å². The number of rotatable bonds is 24. The average molecular weight is 612 g/mol. The average Bonchev–Trinajstić information content (AvgIpc) is 3.04. The van der Waals surface area contributed by atoms with Crippen molar-refractivity contribution in [3.8, 4) is 11.5 Å². The Morgan fingerprint density at radius 1 is 0.682 bits per heavy atom. The Balaban J connectivity index is 2.03. The molecule has 0 bridgehead atoms. The molecule has 0 aliphatic heterocycles. The number of carbonyl (C=O) groups is 2. The molecule has 0 spiro atoms. The predicted molar refractivity (Wildman–Crippen MR) is 181 cm³/mol. The van der Waals surface area contributed by atoms with Crippen LogP contribution in [-0.2, 0) is 4.74 Å². The highest BCUT2D eigenvalue weighted by Crippen LogP contribution is 2.33. The number of unbranched alkanes of at least 4 members (excludes halogenated alkanes) is 10. The molecular weight excluding hydrogens is 552 g/mol. The first-order valence-corrected chi connectivity index (χ1v) is 17.2. The molecule has 1 N–H and O–H groups in total. The standard InChI is InChI=1S/C37H58N2O5/c1-6-10-12-14-16-18-28-42-34-22-20-21-33(35(34)43-29-19-17-15-13-11-7-2)36(40)38-32-25-23-31(24-26-32)37(41)44-30-27-39(5,8-3)9-4/h20-26H,6-19,27-30H2,1-5H3/p+1. The number of benzene rings is 2. The quantitative estimate of drug-likeness (QED) is 0.0728. The number of anilines is 1. The van der Waals surface area contributed by atoms with E-state index in [1.165, 1.54) is 51.4 Å². The van der Waals surface area contributed by atoms with E-state index in [0.29, 0.717) is 48.1 Å². The lowest BCUT2D eigenvalue weighted by Crippen LogP contribution is -2.46. The fraction of sp³-hybridized carbons (Fsp3) is 0.622. The lowest BCUT2D eigenvalue weighted by molar-refractivity contribution is -0.906. The van der Waals surface area contributed by atoms with Crippen LogP contribution in [0.1, 0.15) is 125 Å². The van der Waals surface area contributed by atoms with Crippen LogP contribution in [0.2, 0.25) is 0 Å². The lowest BCUT2D eigenvalue weighted by atomic mass is 10.1. The number of nitrogens with zero attached hydrogens (tertiary/aromatic N) is 1. The van der Waals surface area contributed by atoms with Gasteiger partial charge in [0.25, 0.3) is 5.91 Å². The summed E-state index contributed by atoms with van der Waals surface area (Å²) in [6.07, 6.45) is 14.1. The van der Waals surface area contributed by atoms with Gasteiger partial charge in [-0.05, 0) is 63.1 Å². The molecule has 0 aromatic heterocycles. The maximum Gasteiger partial charge on any atom is 0.338 e. The van der Waals surface area contributed by atoms with Crippen molar-refractivity contribution in [2.45, 2.75) is 105 Å². The third kappa shape index (κ3) is 13.7. The fourth-order valence-corrected chi connectivity index (χ4v) is 4.95. The number of carbonyl (C=O) groups excluding carboxylic acids is 2. The molecule has 0 radical (unpaired) electrons. The summed E-state index contributed by atoms with van der Waals surface area (Å²) in [4.78, 5) is 26.0. The molecule has 0 aliphatic carbocycles. The largest absolute Gasteiger partial charge is 0.490 e. The summed E-state index contributed by atoms with van der Waals surface area (Å²) in [5.41, 5.74) is 1.49. The van der Waals surface area contributed by atoms with Crippen LogP contribution < -0.4 is 14.8 Å². The van der Waals surface area contributed by atoms with Crippen LogP contribution in [-0.4, -0.2) is 62.9 Å². The fourth-order valence-electron chi connectivity index (χ4n) is 4.95. The highest BCUT2D eigenvalue weighted by molar-refractivity contribution is 6.07. The van der Waals surface area contributed by atoms with Crippen molar-refractivity contribution < 1.29 is 28.3 Å². The van der Waals surface area contributed by atoms with Gasteiger partial charge in [0.1, 0.15) is 13.2 Å². The number of ether oxygens (including phenoxy) is 3. The van der Waals surface area contributed by atoms with Crippen molar-refractivity contribution >= 4 is 17.6 Å². The second-order valence-corrected chi connectivity index (χ2v) is 12.0. The summed E-state index contributed by atoms with van der Waals surface area (Å²) in [5.74, 6) is 0.465. The maximum atomic E-state index is 13.4. The van der Waals surface area contributed by atoms with E-state index in [4.69, 9.17) is 14.2 Å². The van der Waals surface area contributed by atoms with Crippen molar-refractivity contribution in [1.82, 2.24) is 0 Å². The number of hydrogen-bond acceptors (Lipinski definition) is 5. The van der Waals surface area contributed by atoms with Crippen molar-refractivity contribution in [1.29, 1.82) is 0 Å². The Morgan fingerprint density at radius 2 is 1.25 bits per heavy atom. The second-order valence-electron chi connectivity index (χ2n) is 12.0. The van der Waals surface area contributed by atoms with Crippen LogP contribution in [0.5, 0.6) is 11.5 Å². The van der Waals surface area contributed by atoms with E-state index in [-0.39, 0.29) is 11.9 Å². The van der Waals surface area contributed by atoms with E-state index >= 15 is 0 Å². The Bertz CT molecular complexity index is 1080. The molecule has 0 saturated heterocycles. The van der Waals surface area contributed by atoms with Gasteiger partial charge in [-0.15, -0.1) is 0 Å². The first kappa shape index (κ1) is 37.1. The molecule has 7 nitrogen and oxygen atoms in total. The minimum atomic E-state index is -0.359. The van der Waals surface area contributed by atoms with Gasteiger partial charge in [0.2, 0.25) is 0 Å². The van der Waals surface area contributed by atoms with Gasteiger partial charge in [-0.3, -0.25) is 4.79 Å². The second kappa shape index (κ2) is 21.6. The number of quaternary nitrogens is 1. The Labute approximate surface area is 267 Å². The molecule has 0 saturated carbocycles. The third-order valence-electron chi connectivity index (χ3n) is 8.49. The summed E-state index contributed by atoms with van der Waals surface area (Å²) in [7, 11) is 2.16. The first-order chi connectivity index (χ1) is 21.4. The molecule has 1 amide bonds. The van der Waals surface area contributed by atoms with E-state index < -0.39 is 0 Å². The normalized spacial score (nSPS) is 11.3. The molecule has 2 rings (SSSR count). The summed E-state index contributed by atoms with van der Waals surface area (Å²) in [6, 6.07) is 12.3. The first-order valence-electron chi connectivity index (χ1n) is 17.2. The molecule has 0 fully saturated rings. The van der Waals surface area contributed by atoms with E-state index in [1.54, 1.807) is 30.3 Å². The zero-order valence-corrected chi connectivity index (χ0v) is 28.3. The maximum absolute atomic E-state index is 13.4. The Kier molecular flexibility index (Phi) is 18.2. The summed E-state index contributed by atoms with van der Waals surface area (Å²) in [5, 5.41) is 2.96. The number of likely N-dealkylation sites (N-methyl/N-ethyl adjacent to an activating group) is 1. The molecule has 7 heteroatoms. The molecule has 246 valence electrons. The van der Waals surface area contributed by atoms with Crippen LogP contribution in [0.25, 0.3) is 0 Å². The van der Waals surface area contributed by atoms with Crippen molar-refractivity contribution in [2.24, 2.45) is 0 Å². The highest BCUT2D eigenvalue weighted by Gasteiger charge is 2.20. The van der Waals surface area contributed by atoms with E-state index in [9.17, 15) is 9.59 Å². The minimum absolute atomic E-state index is 0.278. The van der Waals surface area contributed by atoms with Gasteiger partial charge in [0, 0.05) is 5.69 Å². The van der Waals surface area contributed by atoms with Crippen LogP contribution in [0.15, 0.2) is 42.5 Å². The van der Waals surface area contributed by atoms with E-state index in [1.807, 2.05) is 12.1 Å². The molecule has 0 unspecified atom stereocenters. The van der Waals surface area contributed by atoms with Crippen molar-refractivity contribution in [3.05, 3.63) is 53.6 Å². The topological polar surface area (TPSA) is 73.9 Å². The van der Waals surface area contributed by atoms with Gasteiger partial charge < -0.3 is 24.0 Å². The van der Waals surface area contributed by atoms with Crippen LogP contribution in [0.4, 0.5) is 5.69 Å². The molecular formula is C37H59N2O5+. The van der Waals surface area contributed by atoms with Gasteiger partial charge in [-0.1, -0.05) is 84.1 Å². The Hall–Kier alpha value is -3.06. The molecule has 0 heterocycles. The van der Waals surface area contributed by atoms with Crippen LogP contribution in [0, 0.1) is 0 Å². The zero-order valence-electron chi connectivity index (χ0n) is 28.3. The molecule has 0 aliphatic rings. The molecule has 2 aromatic rings. The monoisotopic (exact) mass is 611 g/mol. The van der Waals surface area contributed by atoms with Gasteiger partial charge in [-0.25, -0.2) is 4.79 Å². The molecule has 0 atom stereocenters. The number of amides is 1. The highest BCUT2D eigenvalue weighted by atomic mass is 16.5. The van der Waals surface area contributed by atoms with E-state index in [0.717, 1.165) is 49.8 Å². The van der Waals surface area contributed by atoms with Crippen molar-refractivity contribution in [2.75, 3.05) is 51.8 Å². The minimum Gasteiger partial charge on any atom is -0.490 e. The van der Waals surface area contributed by atoms with E-state index in [2.05, 4.69) is 40.1 Å². The number of esters is 1.